The normalized spacial score (nSPS) is 23.3. The number of hydrogen-bond acceptors (Lipinski definition) is 4. The topological polar surface area (TPSA) is 73.0 Å². The Labute approximate surface area is 194 Å². The van der Waals surface area contributed by atoms with E-state index in [0.29, 0.717) is 31.8 Å². The lowest BCUT2D eigenvalue weighted by Gasteiger charge is -2.32. The van der Waals surface area contributed by atoms with E-state index in [2.05, 4.69) is 10.1 Å². The summed E-state index contributed by atoms with van der Waals surface area (Å²) in [4.78, 5) is 31.3. The molecule has 0 bridgehead atoms. The Bertz CT molecular complexity index is 1160. The third kappa shape index (κ3) is 4.66. The summed E-state index contributed by atoms with van der Waals surface area (Å²) < 4.78 is 81.1. The lowest BCUT2D eigenvalue weighted by Crippen LogP contribution is -2.45. The number of halogens is 7. The van der Waals surface area contributed by atoms with E-state index >= 15 is 0 Å². The number of nitrogens with zero attached hydrogens (tertiary/aromatic N) is 5. The molecule has 1 fully saturated rings. The quantitative estimate of drug-likeness (QED) is 0.589. The molecule has 1 saturated heterocycles. The Hall–Kier alpha value is -2.57. The number of hydrogen-bond donors (Lipinski definition) is 0. The van der Waals surface area contributed by atoms with Crippen molar-refractivity contribution in [3.05, 3.63) is 44.9 Å². The van der Waals surface area contributed by atoms with Crippen molar-refractivity contribution < 1.29 is 31.1 Å². The van der Waals surface area contributed by atoms with Crippen LogP contribution in [0.5, 0.6) is 0 Å². The fraction of sp³-hybridized carbons (Fsp3) is 0.600. The van der Waals surface area contributed by atoms with Crippen LogP contribution in [0.25, 0.3) is 0 Å². The molecule has 186 valence electrons. The van der Waals surface area contributed by atoms with Gasteiger partial charge in [-0.15, -0.1) is 0 Å². The van der Waals surface area contributed by atoms with Crippen LogP contribution in [0.1, 0.15) is 42.9 Å². The first-order chi connectivity index (χ1) is 15.8. The Morgan fingerprint density at radius 3 is 2.50 bits per heavy atom. The van der Waals surface area contributed by atoms with Crippen molar-refractivity contribution in [2.45, 2.75) is 51.1 Å². The van der Waals surface area contributed by atoms with E-state index < -0.39 is 60.9 Å². The van der Waals surface area contributed by atoms with Gasteiger partial charge in [-0.3, -0.25) is 14.3 Å². The Balaban J connectivity index is 1.69. The molecule has 14 heteroatoms. The molecule has 3 atom stereocenters. The average molecular weight is 512 g/mol. The van der Waals surface area contributed by atoms with Crippen LogP contribution < -0.4 is 5.69 Å². The second-order valence-corrected chi connectivity index (χ2v) is 9.16. The van der Waals surface area contributed by atoms with E-state index in [-0.39, 0.29) is 22.5 Å². The molecule has 4 heterocycles. The molecule has 0 saturated carbocycles. The van der Waals surface area contributed by atoms with Gasteiger partial charge in [-0.2, -0.15) is 31.4 Å². The molecule has 0 N–H and O–H groups in total. The minimum absolute atomic E-state index is 0.115. The van der Waals surface area contributed by atoms with Crippen LogP contribution in [0.3, 0.4) is 0 Å². The summed E-state index contributed by atoms with van der Waals surface area (Å²) in [5.41, 5.74) is -2.05. The van der Waals surface area contributed by atoms with Gasteiger partial charge in [0.2, 0.25) is 5.91 Å². The third-order valence-electron chi connectivity index (χ3n) is 6.22. The van der Waals surface area contributed by atoms with Crippen molar-refractivity contribution in [2.75, 3.05) is 13.1 Å². The summed E-state index contributed by atoms with van der Waals surface area (Å²) in [6.45, 7) is 2.23. The maximum atomic E-state index is 13.6. The molecule has 1 amide bonds. The minimum Gasteiger partial charge on any atom is -0.341 e. The van der Waals surface area contributed by atoms with Crippen LogP contribution in [0, 0.1) is 11.8 Å². The summed E-state index contributed by atoms with van der Waals surface area (Å²) in [5.74, 6) is -2.46. The maximum absolute atomic E-state index is 13.6. The first kappa shape index (κ1) is 24.6. The predicted octanol–water partition coefficient (Wildman–Crippen LogP) is 3.69. The van der Waals surface area contributed by atoms with Gasteiger partial charge in [0, 0.05) is 25.7 Å². The average Bonchev–Trinajstić information content (AvgIpc) is 3.30. The number of fused-ring (bicyclic) bond motifs is 1. The summed E-state index contributed by atoms with van der Waals surface area (Å²) in [5, 5.41) is 3.60. The van der Waals surface area contributed by atoms with E-state index in [1.54, 1.807) is 0 Å². The Morgan fingerprint density at radius 2 is 1.94 bits per heavy atom. The number of carbonyl (C=O) groups is 1. The standard InChI is InChI=1S/C20H20ClF6N5O2/c1-10-2-3-30(8-10)17(33)15-5-11(19(22,23)24)6-16-29-31(18(34)32(15)16)9-14-13(21)4-12(7-28-14)20(25,26)27/h4,7,10-11,15H,2-3,5-6,8-9H2,1H3/t10-,11?,15?/m0/s1. The third-order valence-corrected chi connectivity index (χ3v) is 6.54. The highest BCUT2D eigenvalue weighted by Gasteiger charge is 2.48. The molecule has 0 spiro atoms. The van der Waals surface area contributed by atoms with Crippen molar-refractivity contribution in [1.82, 2.24) is 24.2 Å². The Morgan fingerprint density at radius 1 is 1.24 bits per heavy atom. The van der Waals surface area contributed by atoms with Crippen molar-refractivity contribution in [2.24, 2.45) is 11.8 Å². The molecular formula is C20H20ClF6N5O2. The monoisotopic (exact) mass is 511 g/mol. The zero-order chi connectivity index (χ0) is 25.0. The van der Waals surface area contributed by atoms with Gasteiger partial charge >= 0.3 is 18.0 Å². The molecule has 34 heavy (non-hydrogen) atoms. The fourth-order valence-electron chi connectivity index (χ4n) is 4.39. The van der Waals surface area contributed by atoms with Crippen LogP contribution in [0.4, 0.5) is 26.3 Å². The molecule has 2 unspecified atom stereocenters. The zero-order valence-corrected chi connectivity index (χ0v) is 18.6. The summed E-state index contributed by atoms with van der Waals surface area (Å²) >= 11 is 5.90. The highest BCUT2D eigenvalue weighted by Crippen LogP contribution is 2.39. The van der Waals surface area contributed by atoms with Gasteiger partial charge in [0.25, 0.3) is 0 Å². The molecule has 4 rings (SSSR count). The van der Waals surface area contributed by atoms with Crippen LogP contribution in [0.2, 0.25) is 5.02 Å². The molecule has 2 aliphatic heterocycles. The first-order valence-electron chi connectivity index (χ1n) is 10.5. The van der Waals surface area contributed by atoms with Gasteiger partial charge in [-0.05, 0) is 24.8 Å². The molecule has 7 nitrogen and oxygen atoms in total. The molecular weight excluding hydrogens is 492 g/mol. The fourth-order valence-corrected chi connectivity index (χ4v) is 4.61. The number of alkyl halides is 6. The molecule has 2 aromatic heterocycles. The SMILES string of the molecule is C[C@H]1CCN(C(=O)C2CC(C(F)(F)F)Cc3nn(Cc4ncc(C(F)(F)F)cc4Cl)c(=O)n32)C1. The van der Waals surface area contributed by atoms with Gasteiger partial charge < -0.3 is 4.90 Å². The molecule has 0 aromatic carbocycles. The van der Waals surface area contributed by atoms with Crippen LogP contribution in [-0.4, -0.2) is 49.4 Å². The largest absolute Gasteiger partial charge is 0.417 e. The second kappa shape index (κ2) is 8.58. The van der Waals surface area contributed by atoms with Gasteiger partial charge in [0.05, 0.1) is 28.7 Å². The number of likely N-dealkylation sites (tertiary alicyclic amines) is 1. The van der Waals surface area contributed by atoms with Crippen LogP contribution >= 0.6 is 11.6 Å². The Kier molecular flexibility index (Phi) is 6.19. The van der Waals surface area contributed by atoms with Gasteiger partial charge in [-0.25, -0.2) is 9.48 Å². The van der Waals surface area contributed by atoms with Crippen LogP contribution in [-0.2, 0) is 23.9 Å². The maximum Gasteiger partial charge on any atom is 0.417 e. The van der Waals surface area contributed by atoms with E-state index in [1.165, 1.54) is 4.90 Å². The van der Waals surface area contributed by atoms with Gasteiger partial charge in [-0.1, -0.05) is 18.5 Å². The summed E-state index contributed by atoms with van der Waals surface area (Å²) in [7, 11) is 0. The zero-order valence-electron chi connectivity index (χ0n) is 17.8. The highest BCUT2D eigenvalue weighted by atomic mass is 35.5. The van der Waals surface area contributed by atoms with Gasteiger partial charge in [0.15, 0.2) is 0 Å². The second-order valence-electron chi connectivity index (χ2n) is 8.75. The summed E-state index contributed by atoms with van der Waals surface area (Å²) in [6.07, 6.45) is -9.21. The smallest absolute Gasteiger partial charge is 0.341 e. The number of amides is 1. The van der Waals surface area contributed by atoms with E-state index in [9.17, 15) is 35.9 Å². The highest BCUT2D eigenvalue weighted by molar-refractivity contribution is 6.31. The number of pyridine rings is 1. The predicted molar refractivity (Wildman–Crippen MR) is 107 cm³/mol. The van der Waals surface area contributed by atoms with Crippen molar-refractivity contribution in [1.29, 1.82) is 0 Å². The number of rotatable bonds is 3. The lowest BCUT2D eigenvalue weighted by molar-refractivity contribution is -0.183. The van der Waals surface area contributed by atoms with E-state index in [4.69, 9.17) is 11.6 Å². The van der Waals surface area contributed by atoms with Gasteiger partial charge in [0.1, 0.15) is 11.9 Å². The minimum atomic E-state index is -4.67. The van der Waals surface area contributed by atoms with Crippen molar-refractivity contribution >= 4 is 17.5 Å². The van der Waals surface area contributed by atoms with Crippen LogP contribution in [0.15, 0.2) is 17.1 Å². The molecule has 0 aliphatic carbocycles. The van der Waals surface area contributed by atoms with Crippen molar-refractivity contribution in [3.63, 3.8) is 0 Å². The molecule has 2 aliphatic rings. The first-order valence-corrected chi connectivity index (χ1v) is 10.9. The summed E-state index contributed by atoms with van der Waals surface area (Å²) in [6, 6.07) is -0.733. The van der Waals surface area contributed by atoms with E-state index in [0.717, 1.165) is 9.25 Å². The lowest BCUT2D eigenvalue weighted by atomic mass is 9.91. The molecule has 0 radical (unpaired) electrons. The molecule has 2 aromatic rings. The number of carbonyl (C=O) groups excluding carboxylic acids is 1. The van der Waals surface area contributed by atoms with Crippen molar-refractivity contribution in [3.8, 4) is 0 Å². The number of aromatic nitrogens is 4. The van der Waals surface area contributed by atoms with E-state index in [1.807, 2.05) is 6.92 Å².